The van der Waals surface area contributed by atoms with Crippen LogP contribution in [0.2, 0.25) is 0 Å². The first kappa shape index (κ1) is 12.2. The summed E-state index contributed by atoms with van der Waals surface area (Å²) in [6.45, 7) is 0. The van der Waals surface area contributed by atoms with E-state index in [-0.39, 0.29) is 3.78 Å². The third-order valence-corrected chi connectivity index (χ3v) is 1.58. The molecule has 0 fully saturated rings. The highest BCUT2D eigenvalue weighted by Gasteiger charge is 1.96. The maximum atomic E-state index is 4.77. The monoisotopic (exact) mass is 258 g/mol. The molecule has 0 unspecified atom stereocenters. The van der Waals surface area contributed by atoms with E-state index < -0.39 is 0 Å². The Morgan fingerprint density at radius 1 is 1.27 bits per heavy atom. The fourth-order valence-corrected chi connectivity index (χ4v) is 1.04. The normalized spacial score (nSPS) is 11.6. The zero-order valence-corrected chi connectivity index (χ0v) is 9.98. The van der Waals surface area contributed by atoms with Crippen molar-refractivity contribution in [1.82, 2.24) is 0 Å². The van der Waals surface area contributed by atoms with Crippen molar-refractivity contribution < 1.29 is 0 Å². The summed E-state index contributed by atoms with van der Waals surface area (Å²) in [7, 11) is 0. The number of hydrazone groups is 1. The van der Waals surface area contributed by atoms with E-state index in [1.165, 1.54) is 5.56 Å². The van der Waals surface area contributed by atoms with E-state index >= 15 is 0 Å². The molecule has 15 heavy (non-hydrogen) atoms. The molecular weight excluding hydrogens is 251 g/mol. The second kappa shape index (κ2) is 6.56. The number of rotatable bonds is 0. The zero-order valence-electron chi connectivity index (χ0n) is 7.65. The van der Waals surface area contributed by atoms with E-state index in [1.54, 1.807) is 6.21 Å². The number of fused-ring (bicyclic) bond motifs is 1. The van der Waals surface area contributed by atoms with Gasteiger partial charge in [0, 0.05) is 6.21 Å². The molecule has 2 rings (SSSR count). The smallest absolute Gasteiger partial charge is 0.169 e. The van der Waals surface area contributed by atoms with Crippen molar-refractivity contribution in [2.75, 3.05) is 5.43 Å². The number of hydrogen-bond acceptors (Lipinski definition) is 3. The number of nitrogens with one attached hydrogen (secondary N) is 1. The molecule has 0 atom stereocenters. The summed E-state index contributed by atoms with van der Waals surface area (Å²) in [5.41, 5.74) is 5.16. The van der Waals surface area contributed by atoms with Crippen LogP contribution in [-0.2, 0) is 0 Å². The number of halogens is 2. The standard InChI is InChI=1S/C9H8N2.CCl2S/c1-2-6-9-8(4-1)5-3-7-10-11-9;2-1(3)4/h1-7,11H;. The van der Waals surface area contributed by atoms with Crippen LogP contribution in [0.1, 0.15) is 5.56 Å². The van der Waals surface area contributed by atoms with Crippen molar-refractivity contribution in [3.05, 3.63) is 35.9 Å². The van der Waals surface area contributed by atoms with Crippen LogP contribution in [0.15, 0.2) is 35.4 Å². The summed E-state index contributed by atoms with van der Waals surface area (Å²) in [5.74, 6) is 0. The van der Waals surface area contributed by atoms with Crippen molar-refractivity contribution >= 4 is 57.2 Å². The number of thiocarbonyl (C=S) groups is 1. The highest BCUT2D eigenvalue weighted by atomic mass is 35.5. The maximum absolute atomic E-state index is 4.77. The lowest BCUT2D eigenvalue weighted by atomic mass is 10.2. The summed E-state index contributed by atoms with van der Waals surface area (Å²) in [6, 6.07) is 8.05. The SMILES string of the molecule is C1=Cc2ccccc2NN=C1.S=C(Cl)Cl. The van der Waals surface area contributed by atoms with Crippen LogP contribution in [-0.4, -0.2) is 10.00 Å². The highest BCUT2D eigenvalue weighted by Crippen LogP contribution is 2.17. The van der Waals surface area contributed by atoms with E-state index in [1.807, 2.05) is 36.4 Å². The molecule has 0 bridgehead atoms. The van der Waals surface area contributed by atoms with Gasteiger partial charge in [-0.05, 0) is 17.7 Å². The lowest BCUT2D eigenvalue weighted by Gasteiger charge is -2.00. The zero-order chi connectivity index (χ0) is 11.1. The average molecular weight is 259 g/mol. The molecule has 0 aromatic heterocycles. The summed E-state index contributed by atoms with van der Waals surface area (Å²) in [6.07, 6.45) is 5.68. The third kappa shape index (κ3) is 4.93. The molecule has 0 aliphatic carbocycles. The van der Waals surface area contributed by atoms with E-state index in [0.717, 1.165) is 5.69 Å². The first-order valence-electron chi connectivity index (χ1n) is 4.10. The minimum absolute atomic E-state index is 0.0556. The van der Waals surface area contributed by atoms with Crippen LogP contribution in [0.3, 0.4) is 0 Å². The lowest BCUT2D eigenvalue weighted by molar-refractivity contribution is 1.36. The van der Waals surface area contributed by atoms with Crippen molar-refractivity contribution in [2.45, 2.75) is 0 Å². The minimum atomic E-state index is -0.0556. The first-order chi connectivity index (χ1) is 7.20. The van der Waals surface area contributed by atoms with Gasteiger partial charge in [-0.2, -0.15) is 5.10 Å². The molecule has 0 amide bonds. The Hall–Kier alpha value is -0.900. The molecule has 1 N–H and O–H groups in total. The van der Waals surface area contributed by atoms with Crippen LogP contribution in [0.25, 0.3) is 6.08 Å². The van der Waals surface area contributed by atoms with Gasteiger partial charge >= 0.3 is 0 Å². The summed E-state index contributed by atoms with van der Waals surface area (Å²) < 4.78 is -0.0556. The molecule has 0 saturated heterocycles. The predicted molar refractivity (Wildman–Crippen MR) is 71.9 cm³/mol. The van der Waals surface area contributed by atoms with Crippen LogP contribution >= 0.6 is 35.4 Å². The number of allylic oxidation sites excluding steroid dienone is 1. The van der Waals surface area contributed by atoms with Crippen molar-refractivity contribution in [1.29, 1.82) is 0 Å². The quantitative estimate of drug-likeness (QED) is 0.565. The van der Waals surface area contributed by atoms with E-state index in [2.05, 4.69) is 22.7 Å². The van der Waals surface area contributed by atoms with Crippen molar-refractivity contribution in [3.8, 4) is 0 Å². The summed E-state index contributed by atoms with van der Waals surface area (Å²) in [5, 5.41) is 3.95. The average Bonchev–Trinajstić information content (AvgIpc) is 2.41. The van der Waals surface area contributed by atoms with Gasteiger partial charge in [-0.15, -0.1) is 0 Å². The number of para-hydroxylation sites is 1. The largest absolute Gasteiger partial charge is 0.278 e. The fourth-order valence-electron chi connectivity index (χ4n) is 1.04. The van der Waals surface area contributed by atoms with Crippen LogP contribution < -0.4 is 5.43 Å². The maximum Gasteiger partial charge on any atom is 0.169 e. The predicted octanol–water partition coefficient (Wildman–Crippen LogP) is 3.86. The van der Waals surface area contributed by atoms with Crippen LogP contribution in [0, 0.1) is 0 Å². The molecule has 1 aromatic carbocycles. The summed E-state index contributed by atoms with van der Waals surface area (Å²) in [4.78, 5) is 0. The van der Waals surface area contributed by atoms with Gasteiger partial charge in [0.15, 0.2) is 3.78 Å². The van der Waals surface area contributed by atoms with Crippen molar-refractivity contribution in [2.24, 2.45) is 5.10 Å². The van der Waals surface area contributed by atoms with E-state index in [4.69, 9.17) is 23.2 Å². The Bertz CT molecular complexity index is 398. The van der Waals surface area contributed by atoms with Gasteiger partial charge < -0.3 is 0 Å². The van der Waals surface area contributed by atoms with Gasteiger partial charge in [-0.3, -0.25) is 5.43 Å². The molecule has 78 valence electrons. The molecule has 2 nitrogen and oxygen atoms in total. The van der Waals surface area contributed by atoms with Crippen molar-refractivity contribution in [3.63, 3.8) is 0 Å². The van der Waals surface area contributed by atoms with Gasteiger partial charge in [-0.1, -0.05) is 59.7 Å². The molecule has 0 saturated carbocycles. The number of benzene rings is 1. The molecule has 0 radical (unpaired) electrons. The molecule has 1 aliphatic heterocycles. The Morgan fingerprint density at radius 3 is 2.67 bits per heavy atom. The third-order valence-electron chi connectivity index (χ3n) is 1.58. The second-order valence-corrected chi connectivity index (χ2v) is 4.37. The Balaban J connectivity index is 0.000000245. The molecule has 1 heterocycles. The number of anilines is 1. The molecular formula is C10H8Cl2N2S. The van der Waals surface area contributed by atoms with Gasteiger partial charge in [-0.25, -0.2) is 0 Å². The van der Waals surface area contributed by atoms with Gasteiger partial charge in [0.25, 0.3) is 0 Å². The van der Waals surface area contributed by atoms with Crippen LogP contribution in [0.4, 0.5) is 5.69 Å². The highest BCUT2D eigenvalue weighted by molar-refractivity contribution is 7.86. The summed E-state index contributed by atoms with van der Waals surface area (Å²) >= 11 is 13.6. The Kier molecular flexibility index (Phi) is 5.32. The lowest BCUT2D eigenvalue weighted by Crippen LogP contribution is -1.87. The van der Waals surface area contributed by atoms with E-state index in [9.17, 15) is 0 Å². The molecule has 1 aliphatic rings. The Labute approximate surface area is 104 Å². The molecule has 1 aromatic rings. The topological polar surface area (TPSA) is 24.4 Å². The van der Waals surface area contributed by atoms with Gasteiger partial charge in [0.1, 0.15) is 0 Å². The van der Waals surface area contributed by atoms with E-state index in [0.29, 0.717) is 0 Å². The fraction of sp³-hybridized carbons (Fsp3) is 0. The Morgan fingerprint density at radius 2 is 1.93 bits per heavy atom. The number of nitrogens with zero attached hydrogens (tertiary/aromatic N) is 1. The first-order valence-corrected chi connectivity index (χ1v) is 5.26. The van der Waals surface area contributed by atoms with Gasteiger partial charge in [0.05, 0.1) is 5.69 Å². The van der Waals surface area contributed by atoms with Gasteiger partial charge in [0.2, 0.25) is 0 Å². The second-order valence-electron chi connectivity index (χ2n) is 2.56. The number of hydrogen-bond donors (Lipinski definition) is 1. The molecule has 0 spiro atoms. The molecule has 5 heteroatoms. The van der Waals surface area contributed by atoms with Crippen LogP contribution in [0.5, 0.6) is 0 Å². The minimum Gasteiger partial charge on any atom is -0.278 e.